The summed E-state index contributed by atoms with van der Waals surface area (Å²) in [7, 11) is 2.99. The average molecular weight is 397 g/mol. The molecule has 1 heterocycles. The van der Waals surface area contributed by atoms with E-state index in [-0.39, 0.29) is 18.1 Å². The number of methoxy groups -OCH3 is 2. The minimum atomic E-state index is -0.592. The Morgan fingerprint density at radius 2 is 1.69 bits per heavy atom. The lowest BCUT2D eigenvalue weighted by atomic mass is 10.1. The molecule has 0 aliphatic carbocycles. The van der Waals surface area contributed by atoms with E-state index in [1.54, 1.807) is 56.5 Å². The predicted molar refractivity (Wildman–Crippen MR) is 102 cm³/mol. The first-order valence-electron chi connectivity index (χ1n) is 8.69. The van der Waals surface area contributed by atoms with Crippen molar-refractivity contribution in [2.24, 2.45) is 0 Å². The van der Waals surface area contributed by atoms with Gasteiger partial charge in [-0.05, 0) is 49.4 Å². The van der Waals surface area contributed by atoms with Crippen molar-refractivity contribution in [3.63, 3.8) is 0 Å². The summed E-state index contributed by atoms with van der Waals surface area (Å²) >= 11 is 0. The summed E-state index contributed by atoms with van der Waals surface area (Å²) < 4.78 is 20.8. The van der Waals surface area contributed by atoms with E-state index in [2.05, 4.69) is 15.4 Å². The highest BCUT2D eigenvalue weighted by atomic mass is 16.6. The quantitative estimate of drug-likeness (QED) is 0.478. The number of hydrogen-bond acceptors (Lipinski definition) is 8. The second kappa shape index (κ2) is 8.87. The number of ether oxygens (including phenoxy) is 4. The number of nitrogens with one attached hydrogen (secondary N) is 1. The zero-order valence-corrected chi connectivity index (χ0v) is 16.1. The minimum Gasteiger partial charge on any atom is -0.497 e. The lowest BCUT2D eigenvalue weighted by Crippen LogP contribution is -2.09. The van der Waals surface area contributed by atoms with Crippen LogP contribution in [0.5, 0.6) is 17.2 Å². The summed E-state index contributed by atoms with van der Waals surface area (Å²) in [5, 5.41) is 10.3. The molecule has 0 fully saturated rings. The molecule has 0 amide bonds. The second-order valence-corrected chi connectivity index (χ2v) is 5.72. The highest BCUT2D eigenvalue weighted by Crippen LogP contribution is 2.33. The van der Waals surface area contributed by atoms with Crippen LogP contribution in [0, 0.1) is 0 Å². The molecule has 3 rings (SSSR count). The van der Waals surface area contributed by atoms with E-state index in [9.17, 15) is 9.59 Å². The molecule has 9 heteroatoms. The number of esters is 2. The fourth-order valence-electron chi connectivity index (χ4n) is 2.56. The van der Waals surface area contributed by atoms with Crippen LogP contribution in [0.4, 0.5) is 0 Å². The van der Waals surface area contributed by atoms with Crippen LogP contribution < -0.4 is 14.2 Å². The van der Waals surface area contributed by atoms with Crippen molar-refractivity contribution < 1.29 is 28.5 Å². The van der Waals surface area contributed by atoms with Crippen molar-refractivity contribution in [3.8, 4) is 28.5 Å². The number of carbonyl (C=O) groups excluding carboxylic acids is 2. The number of H-pyrrole nitrogens is 1. The summed E-state index contributed by atoms with van der Waals surface area (Å²) in [5.41, 5.74) is 1.26. The third-order valence-corrected chi connectivity index (χ3v) is 3.98. The van der Waals surface area contributed by atoms with Crippen LogP contribution in [0.3, 0.4) is 0 Å². The molecule has 0 unspecified atom stereocenters. The summed E-state index contributed by atoms with van der Waals surface area (Å²) in [6.45, 7) is 1.92. The zero-order valence-electron chi connectivity index (χ0n) is 16.1. The second-order valence-electron chi connectivity index (χ2n) is 5.72. The van der Waals surface area contributed by atoms with Crippen LogP contribution in [0.25, 0.3) is 11.3 Å². The van der Waals surface area contributed by atoms with Crippen LogP contribution in [-0.2, 0) is 4.74 Å². The Morgan fingerprint density at radius 1 is 0.931 bits per heavy atom. The molecule has 0 aliphatic heterocycles. The fraction of sp³-hybridized carbons (Fsp3) is 0.200. The molecular formula is C20H19N3O6. The van der Waals surface area contributed by atoms with E-state index in [1.807, 2.05) is 0 Å². The van der Waals surface area contributed by atoms with Crippen LogP contribution in [0.2, 0.25) is 0 Å². The molecular weight excluding hydrogens is 378 g/mol. The fourth-order valence-corrected chi connectivity index (χ4v) is 2.56. The Kier molecular flexibility index (Phi) is 6.08. The monoisotopic (exact) mass is 397 g/mol. The third-order valence-electron chi connectivity index (χ3n) is 3.98. The Labute approximate surface area is 166 Å². The number of hydrogen-bond donors (Lipinski definition) is 1. The van der Waals surface area contributed by atoms with E-state index in [0.717, 1.165) is 0 Å². The molecule has 0 saturated heterocycles. The average Bonchev–Trinajstić information content (AvgIpc) is 3.24. The van der Waals surface area contributed by atoms with Crippen LogP contribution in [-0.4, -0.2) is 48.2 Å². The maximum Gasteiger partial charge on any atom is 0.361 e. The Balaban J connectivity index is 1.85. The smallest absolute Gasteiger partial charge is 0.361 e. The topological polar surface area (TPSA) is 113 Å². The Morgan fingerprint density at radius 3 is 2.34 bits per heavy atom. The van der Waals surface area contributed by atoms with Gasteiger partial charge in [-0.25, -0.2) is 9.59 Å². The summed E-state index contributed by atoms with van der Waals surface area (Å²) in [6.07, 6.45) is 0. The molecule has 0 radical (unpaired) electrons. The summed E-state index contributed by atoms with van der Waals surface area (Å²) in [5.74, 6) is 0.00602. The number of aromatic nitrogens is 3. The molecule has 1 aromatic heterocycles. The number of rotatable bonds is 7. The van der Waals surface area contributed by atoms with E-state index in [4.69, 9.17) is 18.9 Å². The minimum absolute atomic E-state index is 0.0527. The number of carbonyl (C=O) groups is 2. The molecule has 3 aromatic rings. The van der Waals surface area contributed by atoms with Gasteiger partial charge in [-0.15, -0.1) is 5.10 Å². The van der Waals surface area contributed by atoms with Gasteiger partial charge in [0.05, 0.1) is 26.4 Å². The number of aromatic amines is 1. The van der Waals surface area contributed by atoms with Gasteiger partial charge < -0.3 is 18.9 Å². The van der Waals surface area contributed by atoms with Crippen molar-refractivity contribution >= 4 is 11.9 Å². The van der Waals surface area contributed by atoms with Crippen molar-refractivity contribution in [1.29, 1.82) is 0 Å². The van der Waals surface area contributed by atoms with Gasteiger partial charge in [0.1, 0.15) is 11.4 Å². The lowest BCUT2D eigenvalue weighted by Gasteiger charge is -2.11. The van der Waals surface area contributed by atoms with E-state index < -0.39 is 11.9 Å². The molecule has 2 aromatic carbocycles. The van der Waals surface area contributed by atoms with E-state index >= 15 is 0 Å². The van der Waals surface area contributed by atoms with Gasteiger partial charge in [-0.1, -0.05) is 0 Å². The van der Waals surface area contributed by atoms with Gasteiger partial charge in [0.15, 0.2) is 17.2 Å². The van der Waals surface area contributed by atoms with E-state index in [1.165, 1.54) is 7.11 Å². The first kappa shape index (κ1) is 19.9. The molecule has 29 heavy (non-hydrogen) atoms. The molecule has 9 nitrogen and oxygen atoms in total. The van der Waals surface area contributed by atoms with Crippen molar-refractivity contribution in [2.45, 2.75) is 6.92 Å². The SMILES string of the molecule is CCOC(=O)c1n[nH]nc1-c1ccc(OC(=O)c2ccc(OC)cc2)c(OC)c1. The normalized spacial score (nSPS) is 10.3. The lowest BCUT2D eigenvalue weighted by molar-refractivity contribution is 0.0520. The first-order chi connectivity index (χ1) is 14.1. The van der Waals surface area contributed by atoms with Gasteiger partial charge >= 0.3 is 11.9 Å². The molecule has 0 atom stereocenters. The molecule has 0 aliphatic rings. The standard InChI is InChI=1S/C20H19N3O6/c1-4-28-20(25)18-17(21-23-22-18)13-7-10-15(16(11-13)27-3)29-19(24)12-5-8-14(26-2)9-6-12/h5-11H,4H2,1-3H3,(H,21,22,23). The molecule has 0 saturated carbocycles. The maximum atomic E-state index is 12.4. The number of nitrogens with zero attached hydrogens (tertiary/aromatic N) is 2. The van der Waals surface area contributed by atoms with Gasteiger partial charge in [-0.2, -0.15) is 10.3 Å². The predicted octanol–water partition coefficient (Wildman–Crippen LogP) is 2.88. The molecule has 0 spiro atoms. The van der Waals surface area contributed by atoms with Gasteiger partial charge in [0.2, 0.25) is 0 Å². The van der Waals surface area contributed by atoms with Crippen molar-refractivity contribution in [3.05, 3.63) is 53.7 Å². The Bertz CT molecular complexity index is 1010. The van der Waals surface area contributed by atoms with Crippen molar-refractivity contribution in [1.82, 2.24) is 15.4 Å². The molecule has 1 N–H and O–H groups in total. The van der Waals surface area contributed by atoms with Crippen LogP contribution >= 0.6 is 0 Å². The highest BCUT2D eigenvalue weighted by molar-refractivity contribution is 5.94. The van der Waals surface area contributed by atoms with Gasteiger partial charge in [-0.3, -0.25) is 0 Å². The third kappa shape index (κ3) is 4.34. The largest absolute Gasteiger partial charge is 0.497 e. The highest BCUT2D eigenvalue weighted by Gasteiger charge is 2.21. The summed E-state index contributed by atoms with van der Waals surface area (Å²) in [4.78, 5) is 24.4. The molecule has 0 bridgehead atoms. The Hall–Kier alpha value is -3.88. The summed E-state index contributed by atoms with van der Waals surface area (Å²) in [6, 6.07) is 11.3. The number of benzene rings is 2. The van der Waals surface area contributed by atoms with Crippen LogP contribution in [0.1, 0.15) is 27.8 Å². The van der Waals surface area contributed by atoms with Gasteiger partial charge in [0.25, 0.3) is 0 Å². The zero-order chi connectivity index (χ0) is 20.8. The molecule has 150 valence electrons. The maximum absolute atomic E-state index is 12.4. The van der Waals surface area contributed by atoms with Gasteiger partial charge in [0, 0.05) is 5.56 Å². The first-order valence-corrected chi connectivity index (χ1v) is 8.69. The van der Waals surface area contributed by atoms with E-state index in [0.29, 0.717) is 28.3 Å². The van der Waals surface area contributed by atoms with Crippen LogP contribution in [0.15, 0.2) is 42.5 Å². The van der Waals surface area contributed by atoms with Crippen molar-refractivity contribution in [2.75, 3.05) is 20.8 Å².